The van der Waals surface area contributed by atoms with Crippen molar-refractivity contribution in [2.24, 2.45) is 0 Å². The Morgan fingerprint density at radius 3 is 2.96 bits per heavy atom. The van der Waals surface area contributed by atoms with E-state index in [9.17, 15) is 0 Å². The first-order valence-corrected chi connectivity index (χ1v) is 8.28. The molecule has 2 aromatic rings. The molecule has 1 saturated heterocycles. The Morgan fingerprint density at radius 2 is 2.21 bits per heavy atom. The molecule has 1 aliphatic rings. The summed E-state index contributed by atoms with van der Waals surface area (Å²) >= 11 is 0. The maximum absolute atomic E-state index is 8.78. The van der Waals surface area contributed by atoms with Crippen molar-refractivity contribution >= 4 is 0 Å². The number of nitrogens with zero attached hydrogens (tertiary/aromatic N) is 4. The zero-order valence-corrected chi connectivity index (χ0v) is 13.7. The lowest BCUT2D eigenvalue weighted by Crippen LogP contribution is -2.44. The van der Waals surface area contributed by atoms with Crippen molar-refractivity contribution in [3.8, 4) is 11.8 Å². The van der Waals surface area contributed by atoms with E-state index in [1.807, 2.05) is 29.1 Å². The third kappa shape index (κ3) is 4.82. The van der Waals surface area contributed by atoms with E-state index in [0.717, 1.165) is 45.0 Å². The van der Waals surface area contributed by atoms with Crippen LogP contribution < -0.4 is 4.74 Å². The fraction of sp³-hybridized carbons (Fsp3) is 0.444. The Morgan fingerprint density at radius 1 is 1.33 bits per heavy atom. The van der Waals surface area contributed by atoms with Gasteiger partial charge in [0.1, 0.15) is 5.75 Å². The summed E-state index contributed by atoms with van der Waals surface area (Å²) in [7, 11) is 0. The fourth-order valence-corrected chi connectivity index (χ4v) is 2.81. The molecule has 126 valence electrons. The van der Waals surface area contributed by atoms with Gasteiger partial charge in [0.05, 0.1) is 37.5 Å². The van der Waals surface area contributed by atoms with Gasteiger partial charge in [0.2, 0.25) is 0 Å². The molecule has 0 spiro atoms. The molecule has 0 saturated carbocycles. The minimum absolute atomic E-state index is 0.193. The average molecular weight is 326 g/mol. The zero-order chi connectivity index (χ0) is 16.6. The molecule has 24 heavy (non-hydrogen) atoms. The Kier molecular flexibility index (Phi) is 5.83. The molecule has 1 aromatic heterocycles. The van der Waals surface area contributed by atoms with Gasteiger partial charge in [0, 0.05) is 32.0 Å². The van der Waals surface area contributed by atoms with Gasteiger partial charge < -0.3 is 9.47 Å². The molecule has 0 N–H and O–H groups in total. The van der Waals surface area contributed by atoms with Crippen molar-refractivity contribution in [2.45, 2.75) is 19.1 Å². The van der Waals surface area contributed by atoms with Gasteiger partial charge in [-0.2, -0.15) is 10.4 Å². The molecular formula is C18H22N4O2. The third-order valence-electron chi connectivity index (χ3n) is 4.04. The number of rotatable bonds is 7. The predicted molar refractivity (Wildman–Crippen MR) is 89.7 cm³/mol. The van der Waals surface area contributed by atoms with Crippen LogP contribution in [-0.2, 0) is 11.3 Å². The molecule has 1 aromatic carbocycles. The van der Waals surface area contributed by atoms with Gasteiger partial charge in [0.15, 0.2) is 0 Å². The smallest absolute Gasteiger partial charge is 0.119 e. The number of hydrogen-bond donors (Lipinski definition) is 0. The molecule has 6 nitrogen and oxygen atoms in total. The largest absolute Gasteiger partial charge is 0.494 e. The topological polar surface area (TPSA) is 63.3 Å². The number of hydrogen-bond acceptors (Lipinski definition) is 5. The molecule has 0 radical (unpaired) electrons. The van der Waals surface area contributed by atoms with Crippen LogP contribution >= 0.6 is 0 Å². The van der Waals surface area contributed by atoms with Crippen LogP contribution in [0.4, 0.5) is 0 Å². The first-order chi connectivity index (χ1) is 11.8. The summed E-state index contributed by atoms with van der Waals surface area (Å²) in [5, 5.41) is 13.0. The Hall–Kier alpha value is -2.36. The molecule has 2 heterocycles. The normalized spacial score (nSPS) is 18.2. The summed E-state index contributed by atoms with van der Waals surface area (Å²) in [6, 6.07) is 11.3. The molecule has 0 amide bonds. The summed E-state index contributed by atoms with van der Waals surface area (Å²) in [5.41, 5.74) is 0.652. The Labute approximate surface area is 142 Å². The Bertz CT molecular complexity index is 649. The highest BCUT2D eigenvalue weighted by Crippen LogP contribution is 2.12. The first-order valence-electron chi connectivity index (χ1n) is 8.28. The van der Waals surface area contributed by atoms with Gasteiger partial charge in [0.25, 0.3) is 0 Å². The molecule has 1 fully saturated rings. The van der Waals surface area contributed by atoms with Crippen molar-refractivity contribution in [3.63, 3.8) is 0 Å². The molecule has 1 atom stereocenters. The lowest BCUT2D eigenvalue weighted by atomic mass is 10.2. The fourth-order valence-electron chi connectivity index (χ4n) is 2.81. The van der Waals surface area contributed by atoms with Crippen LogP contribution in [0.25, 0.3) is 0 Å². The van der Waals surface area contributed by atoms with Crippen LogP contribution in [-0.4, -0.2) is 53.6 Å². The van der Waals surface area contributed by atoms with Gasteiger partial charge in [-0.15, -0.1) is 0 Å². The van der Waals surface area contributed by atoms with Crippen molar-refractivity contribution in [2.75, 3.05) is 32.8 Å². The van der Waals surface area contributed by atoms with E-state index in [2.05, 4.69) is 16.1 Å². The van der Waals surface area contributed by atoms with Gasteiger partial charge in [-0.25, -0.2) is 0 Å². The van der Waals surface area contributed by atoms with E-state index in [-0.39, 0.29) is 6.10 Å². The number of morpholine rings is 1. The second-order valence-corrected chi connectivity index (χ2v) is 5.86. The van der Waals surface area contributed by atoms with E-state index in [1.165, 1.54) is 0 Å². The summed E-state index contributed by atoms with van der Waals surface area (Å²) in [4.78, 5) is 2.42. The number of aromatic nitrogens is 2. The van der Waals surface area contributed by atoms with Crippen molar-refractivity contribution in [1.29, 1.82) is 5.26 Å². The van der Waals surface area contributed by atoms with Crippen LogP contribution in [0.15, 0.2) is 42.7 Å². The second-order valence-electron chi connectivity index (χ2n) is 5.86. The highest BCUT2D eigenvalue weighted by atomic mass is 16.5. The average Bonchev–Trinajstić information content (AvgIpc) is 3.13. The maximum Gasteiger partial charge on any atom is 0.119 e. The molecule has 0 unspecified atom stereocenters. The van der Waals surface area contributed by atoms with Crippen LogP contribution in [0, 0.1) is 11.3 Å². The minimum Gasteiger partial charge on any atom is -0.494 e. The van der Waals surface area contributed by atoms with Crippen molar-refractivity contribution in [3.05, 3.63) is 48.3 Å². The highest BCUT2D eigenvalue weighted by Gasteiger charge is 2.20. The van der Waals surface area contributed by atoms with Gasteiger partial charge in [-0.1, -0.05) is 0 Å². The predicted octanol–water partition coefficient (Wildman–Crippen LogP) is 1.92. The second kappa shape index (κ2) is 8.48. The molecule has 0 bridgehead atoms. The van der Waals surface area contributed by atoms with Crippen LogP contribution in [0.5, 0.6) is 5.75 Å². The highest BCUT2D eigenvalue weighted by molar-refractivity contribution is 5.34. The van der Waals surface area contributed by atoms with Gasteiger partial charge in [-0.05, 0) is 36.8 Å². The standard InChI is InChI=1S/C18H22N4O2/c19-13-16-3-5-17(6-4-16)23-11-2-8-21-10-12-24-18(14-21)15-22-9-1-7-20-22/h1,3-7,9,18H,2,8,10-12,14-15H2/t18-/m0/s1. The van der Waals surface area contributed by atoms with E-state index in [4.69, 9.17) is 14.7 Å². The van der Waals surface area contributed by atoms with Gasteiger partial charge in [-0.3, -0.25) is 9.58 Å². The van der Waals surface area contributed by atoms with Crippen LogP contribution in [0.3, 0.4) is 0 Å². The van der Waals surface area contributed by atoms with E-state index in [0.29, 0.717) is 12.2 Å². The van der Waals surface area contributed by atoms with Crippen molar-refractivity contribution in [1.82, 2.24) is 14.7 Å². The quantitative estimate of drug-likeness (QED) is 0.728. The maximum atomic E-state index is 8.78. The molecule has 6 heteroatoms. The number of benzene rings is 1. The van der Waals surface area contributed by atoms with E-state index < -0.39 is 0 Å². The minimum atomic E-state index is 0.193. The summed E-state index contributed by atoms with van der Waals surface area (Å²) in [6.07, 6.45) is 4.92. The number of ether oxygens (including phenoxy) is 2. The third-order valence-corrected chi connectivity index (χ3v) is 4.04. The molecule has 1 aliphatic heterocycles. The monoisotopic (exact) mass is 326 g/mol. The lowest BCUT2D eigenvalue weighted by Gasteiger charge is -2.32. The van der Waals surface area contributed by atoms with E-state index >= 15 is 0 Å². The molecular weight excluding hydrogens is 304 g/mol. The molecule has 3 rings (SSSR count). The van der Waals surface area contributed by atoms with E-state index in [1.54, 1.807) is 18.3 Å². The summed E-state index contributed by atoms with van der Waals surface area (Å²) in [5.74, 6) is 0.813. The summed E-state index contributed by atoms with van der Waals surface area (Å²) in [6.45, 7) is 5.12. The summed E-state index contributed by atoms with van der Waals surface area (Å²) < 4.78 is 13.5. The van der Waals surface area contributed by atoms with Crippen LogP contribution in [0.2, 0.25) is 0 Å². The first kappa shape index (κ1) is 16.5. The van der Waals surface area contributed by atoms with Crippen LogP contribution in [0.1, 0.15) is 12.0 Å². The number of nitriles is 1. The molecule has 0 aliphatic carbocycles. The Balaban J connectivity index is 1.36. The van der Waals surface area contributed by atoms with Crippen molar-refractivity contribution < 1.29 is 9.47 Å². The zero-order valence-electron chi connectivity index (χ0n) is 13.7. The lowest BCUT2D eigenvalue weighted by molar-refractivity contribution is -0.0383. The SMILES string of the molecule is N#Cc1ccc(OCCCN2CCO[C@H](Cn3cccn3)C2)cc1. The van der Waals surface area contributed by atoms with Gasteiger partial charge >= 0.3 is 0 Å².